The van der Waals surface area contributed by atoms with Gasteiger partial charge in [-0.1, -0.05) is 100 Å². The molecule has 0 saturated heterocycles. The van der Waals surface area contributed by atoms with E-state index < -0.39 is 0 Å². The Labute approximate surface area is 272 Å². The van der Waals surface area contributed by atoms with E-state index in [0.29, 0.717) is 0 Å². The molecule has 0 aromatic heterocycles. The van der Waals surface area contributed by atoms with Crippen molar-refractivity contribution in [1.29, 1.82) is 0 Å². The summed E-state index contributed by atoms with van der Waals surface area (Å²) >= 11 is 0. The number of fused-ring (bicyclic) bond motifs is 9. The molecule has 224 valence electrons. The maximum absolute atomic E-state index is 2.49. The van der Waals surface area contributed by atoms with Crippen LogP contribution in [0.5, 0.6) is 0 Å². The molecule has 6 aromatic rings. The Bertz CT molecular complexity index is 2190. The van der Waals surface area contributed by atoms with Crippen LogP contribution in [0, 0.1) is 13.8 Å². The molecule has 0 saturated carbocycles. The summed E-state index contributed by atoms with van der Waals surface area (Å²) in [6.07, 6.45) is 0. The zero-order valence-electron chi connectivity index (χ0n) is 27.4. The molecule has 0 radical (unpaired) electrons. The molecule has 0 spiro atoms. The molecular formula is C44H38N2. The third-order valence-electron chi connectivity index (χ3n) is 10.9. The van der Waals surface area contributed by atoms with Crippen molar-refractivity contribution >= 4 is 34.1 Å². The second kappa shape index (κ2) is 9.23. The Hall–Kier alpha value is -5.08. The molecule has 2 aliphatic carbocycles. The first-order chi connectivity index (χ1) is 22.2. The number of nitrogens with zero attached hydrogens (tertiary/aromatic N) is 2. The van der Waals surface area contributed by atoms with Gasteiger partial charge in [-0.05, 0) is 118 Å². The number of aryl methyl sites for hydroxylation is 2. The van der Waals surface area contributed by atoms with Gasteiger partial charge < -0.3 is 9.80 Å². The molecule has 0 fully saturated rings. The molecule has 0 atom stereocenters. The smallest absolute Gasteiger partial charge is 0.0703 e. The molecule has 0 N–H and O–H groups in total. The summed E-state index contributed by atoms with van der Waals surface area (Å²) in [5, 5.41) is 0. The van der Waals surface area contributed by atoms with Crippen molar-refractivity contribution in [3.8, 4) is 22.3 Å². The Kier molecular flexibility index (Phi) is 5.47. The monoisotopic (exact) mass is 594 g/mol. The standard InChI is InChI=1S/C44H38N2/c1-27-15-14-18-33-39(27)31-23-24-32-40-28(2)25-30(26-34(40)44(5,6)42(32)41(31)43(33,3)4)46-37-21-12-10-19-35(37)45(29-16-8-7-9-17-29)36-20-11-13-22-38(36)46/h7-26H,1-6H3. The Balaban J connectivity index is 1.26. The molecule has 2 nitrogen and oxygen atoms in total. The molecule has 0 amide bonds. The highest BCUT2D eigenvalue weighted by atomic mass is 15.3. The number of anilines is 6. The third kappa shape index (κ3) is 3.42. The van der Waals surface area contributed by atoms with Crippen LogP contribution in [-0.2, 0) is 10.8 Å². The fraction of sp³-hybridized carbons (Fsp3) is 0.182. The van der Waals surface area contributed by atoms with Gasteiger partial charge in [0.25, 0.3) is 0 Å². The molecule has 1 aliphatic heterocycles. The van der Waals surface area contributed by atoms with Gasteiger partial charge in [-0.2, -0.15) is 0 Å². The van der Waals surface area contributed by atoms with E-state index >= 15 is 0 Å². The fourth-order valence-corrected chi connectivity index (χ4v) is 8.96. The van der Waals surface area contributed by atoms with Crippen LogP contribution >= 0.6 is 0 Å². The van der Waals surface area contributed by atoms with Crippen molar-refractivity contribution in [3.63, 3.8) is 0 Å². The van der Waals surface area contributed by atoms with Gasteiger partial charge in [0, 0.05) is 22.2 Å². The van der Waals surface area contributed by atoms with Crippen molar-refractivity contribution in [3.05, 3.63) is 155 Å². The molecule has 2 heteroatoms. The van der Waals surface area contributed by atoms with Crippen molar-refractivity contribution in [1.82, 2.24) is 0 Å². The molecule has 1 heterocycles. The molecular weight excluding hydrogens is 556 g/mol. The number of para-hydroxylation sites is 5. The van der Waals surface area contributed by atoms with E-state index in [0.717, 1.165) is 5.69 Å². The molecule has 9 rings (SSSR count). The molecule has 46 heavy (non-hydrogen) atoms. The fourth-order valence-electron chi connectivity index (χ4n) is 8.96. The summed E-state index contributed by atoms with van der Waals surface area (Å²) in [7, 11) is 0. The van der Waals surface area contributed by atoms with Gasteiger partial charge in [0.1, 0.15) is 0 Å². The van der Waals surface area contributed by atoms with Crippen molar-refractivity contribution in [2.24, 2.45) is 0 Å². The van der Waals surface area contributed by atoms with Gasteiger partial charge in [0.15, 0.2) is 0 Å². The van der Waals surface area contributed by atoms with Crippen molar-refractivity contribution in [2.75, 3.05) is 9.80 Å². The molecule has 6 aromatic carbocycles. The number of hydrogen-bond donors (Lipinski definition) is 0. The predicted octanol–water partition coefficient (Wildman–Crippen LogP) is 12.2. The Morgan fingerprint density at radius 1 is 0.413 bits per heavy atom. The summed E-state index contributed by atoms with van der Waals surface area (Å²) in [6, 6.07) is 44.9. The topological polar surface area (TPSA) is 6.48 Å². The van der Waals surface area contributed by atoms with Crippen molar-refractivity contribution < 1.29 is 0 Å². The third-order valence-corrected chi connectivity index (χ3v) is 10.9. The number of rotatable bonds is 2. The highest BCUT2D eigenvalue weighted by Gasteiger charge is 2.47. The Morgan fingerprint density at radius 3 is 1.46 bits per heavy atom. The SMILES string of the molecule is Cc1cccc2c1-c1ccc3c(c1C2(C)C)C(C)(C)c1cc(N2c4ccccc4N(c4ccccc4)c4ccccc42)cc(C)c1-3. The van der Waals surface area contributed by atoms with Crippen LogP contribution in [0.25, 0.3) is 22.3 Å². The normalized spacial score (nSPS) is 15.9. The maximum Gasteiger partial charge on any atom is 0.0703 e. The summed E-state index contributed by atoms with van der Waals surface area (Å²) in [4.78, 5) is 4.87. The van der Waals surface area contributed by atoms with E-state index in [9.17, 15) is 0 Å². The average molecular weight is 595 g/mol. The van der Waals surface area contributed by atoms with Gasteiger partial charge in [0.05, 0.1) is 22.7 Å². The minimum absolute atomic E-state index is 0.0657. The van der Waals surface area contributed by atoms with E-state index in [1.54, 1.807) is 0 Å². The largest absolute Gasteiger partial charge is 0.306 e. The van der Waals surface area contributed by atoms with E-state index in [4.69, 9.17) is 0 Å². The molecule has 3 aliphatic rings. The first-order valence-electron chi connectivity index (χ1n) is 16.5. The zero-order valence-corrected chi connectivity index (χ0v) is 27.4. The number of hydrogen-bond acceptors (Lipinski definition) is 2. The zero-order chi connectivity index (χ0) is 31.5. The van der Waals surface area contributed by atoms with Gasteiger partial charge >= 0.3 is 0 Å². The maximum atomic E-state index is 2.49. The van der Waals surface area contributed by atoms with Crippen LogP contribution in [0.2, 0.25) is 0 Å². The highest BCUT2D eigenvalue weighted by Crippen LogP contribution is 2.61. The van der Waals surface area contributed by atoms with Crippen LogP contribution in [0.3, 0.4) is 0 Å². The predicted molar refractivity (Wildman–Crippen MR) is 194 cm³/mol. The second-order valence-electron chi connectivity index (χ2n) is 14.3. The van der Waals surface area contributed by atoms with E-state index in [-0.39, 0.29) is 10.8 Å². The van der Waals surface area contributed by atoms with Crippen LogP contribution in [0.4, 0.5) is 34.1 Å². The highest BCUT2D eigenvalue weighted by molar-refractivity contribution is 6.02. The van der Waals surface area contributed by atoms with E-state index in [2.05, 4.69) is 173 Å². The summed E-state index contributed by atoms with van der Waals surface area (Å²) < 4.78 is 0. The lowest BCUT2D eigenvalue weighted by molar-refractivity contribution is 0.601. The summed E-state index contributed by atoms with van der Waals surface area (Å²) in [5.74, 6) is 0. The van der Waals surface area contributed by atoms with Gasteiger partial charge in [-0.3, -0.25) is 0 Å². The van der Waals surface area contributed by atoms with Crippen molar-refractivity contribution in [2.45, 2.75) is 52.4 Å². The quantitative estimate of drug-likeness (QED) is 0.196. The van der Waals surface area contributed by atoms with E-state index in [1.165, 1.54) is 84.1 Å². The van der Waals surface area contributed by atoms with Crippen LogP contribution in [0.1, 0.15) is 61.1 Å². The van der Waals surface area contributed by atoms with Crippen LogP contribution < -0.4 is 9.80 Å². The molecule has 0 unspecified atom stereocenters. The first-order valence-corrected chi connectivity index (χ1v) is 16.5. The van der Waals surface area contributed by atoms with Gasteiger partial charge in [-0.15, -0.1) is 0 Å². The number of benzene rings is 6. The van der Waals surface area contributed by atoms with E-state index in [1.807, 2.05) is 0 Å². The molecule has 0 bridgehead atoms. The minimum atomic E-state index is -0.158. The average Bonchev–Trinajstić information content (AvgIpc) is 3.44. The lowest BCUT2D eigenvalue weighted by Crippen LogP contribution is -2.25. The first kappa shape index (κ1) is 27.2. The minimum Gasteiger partial charge on any atom is -0.306 e. The van der Waals surface area contributed by atoms with Gasteiger partial charge in [-0.25, -0.2) is 0 Å². The van der Waals surface area contributed by atoms with Crippen LogP contribution in [-0.4, -0.2) is 0 Å². The van der Waals surface area contributed by atoms with Gasteiger partial charge in [0.2, 0.25) is 0 Å². The lowest BCUT2D eigenvalue weighted by atomic mass is 9.72. The van der Waals surface area contributed by atoms with Crippen LogP contribution in [0.15, 0.2) is 121 Å². The summed E-state index contributed by atoms with van der Waals surface area (Å²) in [6.45, 7) is 14.3. The summed E-state index contributed by atoms with van der Waals surface area (Å²) in [5.41, 5.74) is 21.1. The Morgan fingerprint density at radius 2 is 0.891 bits per heavy atom. The lowest BCUT2D eigenvalue weighted by Gasteiger charge is -2.40. The second-order valence-corrected chi connectivity index (χ2v) is 14.3.